The summed E-state index contributed by atoms with van der Waals surface area (Å²) in [7, 11) is 0. The molecular weight excluding hydrogens is 316 g/mol. The second-order valence-corrected chi connectivity index (χ2v) is 6.43. The second kappa shape index (κ2) is 6.96. The Morgan fingerprint density at radius 1 is 0.875 bits per heavy atom. The van der Waals surface area contributed by atoms with E-state index in [0.29, 0.717) is 5.56 Å². The highest BCUT2D eigenvalue weighted by Gasteiger charge is 2.39. The molecule has 2 unspecified atom stereocenters. The molecule has 0 spiro atoms. The Morgan fingerprint density at radius 2 is 1.46 bits per heavy atom. The van der Waals surface area contributed by atoms with E-state index in [4.69, 9.17) is 0 Å². The Kier molecular flexibility index (Phi) is 4.93. The largest absolute Gasteiger partial charge is 0.244 e. The second-order valence-electron chi connectivity index (χ2n) is 6.43. The van der Waals surface area contributed by atoms with E-state index in [-0.39, 0.29) is 18.4 Å². The fourth-order valence-electron chi connectivity index (χ4n) is 3.35. The van der Waals surface area contributed by atoms with Gasteiger partial charge in [0.1, 0.15) is 18.2 Å². The molecule has 2 atom stereocenters. The van der Waals surface area contributed by atoms with E-state index in [9.17, 15) is 17.6 Å². The quantitative estimate of drug-likeness (QED) is 0.608. The third-order valence-corrected chi connectivity index (χ3v) is 4.85. The van der Waals surface area contributed by atoms with E-state index in [1.54, 1.807) is 12.1 Å². The Hall–Kier alpha value is -1.84. The van der Waals surface area contributed by atoms with Gasteiger partial charge in [-0.3, -0.25) is 0 Å². The minimum Gasteiger partial charge on any atom is -0.244 e. The van der Waals surface area contributed by atoms with E-state index in [1.807, 2.05) is 24.3 Å². The van der Waals surface area contributed by atoms with Gasteiger partial charge in [0.15, 0.2) is 6.17 Å². The van der Waals surface area contributed by atoms with Crippen molar-refractivity contribution in [1.29, 1.82) is 0 Å². The minimum absolute atomic E-state index is 0.178. The molecule has 128 valence electrons. The van der Waals surface area contributed by atoms with Crippen LogP contribution in [0.4, 0.5) is 17.6 Å². The predicted molar refractivity (Wildman–Crippen MR) is 87.9 cm³/mol. The molecule has 1 fully saturated rings. The van der Waals surface area contributed by atoms with Crippen LogP contribution < -0.4 is 0 Å². The van der Waals surface area contributed by atoms with Gasteiger partial charge in [-0.05, 0) is 53.5 Å². The normalized spacial score (nSPS) is 27.2. The van der Waals surface area contributed by atoms with Crippen molar-refractivity contribution in [2.75, 3.05) is 0 Å². The summed E-state index contributed by atoms with van der Waals surface area (Å²) in [5.41, 5.74) is 3.06. The molecule has 0 bridgehead atoms. The van der Waals surface area contributed by atoms with Crippen LogP contribution >= 0.6 is 0 Å². The zero-order chi connectivity index (χ0) is 17.3. The lowest BCUT2D eigenvalue weighted by molar-refractivity contribution is 0.0334. The van der Waals surface area contributed by atoms with Gasteiger partial charge in [-0.2, -0.15) is 0 Å². The summed E-state index contributed by atoms with van der Waals surface area (Å²) in [6, 6.07) is 12.5. The van der Waals surface area contributed by atoms with Gasteiger partial charge in [-0.1, -0.05) is 43.3 Å². The first-order valence-electron chi connectivity index (χ1n) is 8.30. The molecule has 0 N–H and O–H groups in total. The summed E-state index contributed by atoms with van der Waals surface area (Å²) in [5, 5.41) is 0. The van der Waals surface area contributed by atoms with Gasteiger partial charge in [-0.15, -0.1) is 0 Å². The van der Waals surface area contributed by atoms with Crippen LogP contribution in [0.1, 0.15) is 36.8 Å². The molecular formula is C20H20F4. The van der Waals surface area contributed by atoms with E-state index >= 15 is 0 Å². The van der Waals surface area contributed by atoms with E-state index < -0.39 is 30.3 Å². The highest BCUT2D eigenvalue weighted by atomic mass is 19.2. The first kappa shape index (κ1) is 17.0. The third-order valence-electron chi connectivity index (χ3n) is 4.85. The van der Waals surface area contributed by atoms with Crippen molar-refractivity contribution in [3.8, 4) is 11.1 Å². The SMILES string of the molecule is CCc1ccc(-c2ccc(C3CC(F)C(F)C(F)C3)c(F)c2)cc1. The number of hydrogen-bond acceptors (Lipinski definition) is 0. The highest BCUT2D eigenvalue weighted by molar-refractivity contribution is 5.64. The fraction of sp³-hybridized carbons (Fsp3) is 0.400. The summed E-state index contributed by atoms with van der Waals surface area (Å²) < 4.78 is 54.9. The lowest BCUT2D eigenvalue weighted by Crippen LogP contribution is -2.36. The van der Waals surface area contributed by atoms with Crippen molar-refractivity contribution in [3.05, 3.63) is 59.4 Å². The topological polar surface area (TPSA) is 0 Å². The van der Waals surface area contributed by atoms with Crippen molar-refractivity contribution < 1.29 is 17.6 Å². The van der Waals surface area contributed by atoms with E-state index in [2.05, 4.69) is 6.92 Å². The number of alkyl halides is 3. The number of aryl methyl sites for hydroxylation is 1. The number of hydrogen-bond donors (Lipinski definition) is 0. The average Bonchev–Trinajstić information content (AvgIpc) is 2.59. The van der Waals surface area contributed by atoms with Gasteiger partial charge in [-0.25, -0.2) is 17.6 Å². The van der Waals surface area contributed by atoms with Gasteiger partial charge in [0.05, 0.1) is 0 Å². The van der Waals surface area contributed by atoms with Crippen LogP contribution in [-0.2, 0) is 6.42 Å². The highest BCUT2D eigenvalue weighted by Crippen LogP contribution is 2.39. The van der Waals surface area contributed by atoms with E-state index in [0.717, 1.165) is 12.0 Å². The Labute approximate surface area is 139 Å². The van der Waals surface area contributed by atoms with Crippen molar-refractivity contribution >= 4 is 0 Å². The molecule has 3 rings (SSSR count). The standard InChI is InChI=1S/C20H20F4/c1-2-12-3-5-13(6-4-12)14-7-8-16(17(21)9-14)15-10-18(22)20(24)19(23)11-15/h3-9,15,18-20H,2,10-11H2,1H3. The summed E-state index contributed by atoms with van der Waals surface area (Å²) in [6.45, 7) is 2.06. The molecule has 2 aromatic carbocycles. The molecule has 4 heteroatoms. The zero-order valence-corrected chi connectivity index (χ0v) is 13.5. The van der Waals surface area contributed by atoms with Crippen LogP contribution in [0.25, 0.3) is 11.1 Å². The maximum atomic E-state index is 14.5. The smallest absolute Gasteiger partial charge is 0.162 e. The van der Waals surface area contributed by atoms with Gasteiger partial charge >= 0.3 is 0 Å². The summed E-state index contributed by atoms with van der Waals surface area (Å²) >= 11 is 0. The molecule has 1 saturated carbocycles. The molecule has 0 nitrogen and oxygen atoms in total. The van der Waals surface area contributed by atoms with Crippen molar-refractivity contribution in [3.63, 3.8) is 0 Å². The van der Waals surface area contributed by atoms with Crippen molar-refractivity contribution in [1.82, 2.24) is 0 Å². The van der Waals surface area contributed by atoms with E-state index in [1.165, 1.54) is 11.6 Å². The van der Waals surface area contributed by atoms with Crippen molar-refractivity contribution in [2.45, 2.75) is 50.6 Å². The molecule has 1 aliphatic rings. The molecule has 2 aromatic rings. The maximum absolute atomic E-state index is 14.5. The van der Waals surface area contributed by atoms with Crippen LogP contribution in [0.15, 0.2) is 42.5 Å². The average molecular weight is 336 g/mol. The number of halogens is 4. The minimum atomic E-state index is -2.10. The molecule has 0 radical (unpaired) electrons. The van der Waals surface area contributed by atoms with Gasteiger partial charge in [0.25, 0.3) is 0 Å². The monoisotopic (exact) mass is 336 g/mol. The molecule has 0 heterocycles. The number of rotatable bonds is 3. The van der Waals surface area contributed by atoms with Gasteiger partial charge < -0.3 is 0 Å². The first-order chi connectivity index (χ1) is 11.5. The Bertz CT molecular complexity index is 683. The van der Waals surface area contributed by atoms with Gasteiger partial charge in [0, 0.05) is 0 Å². The molecule has 0 saturated heterocycles. The predicted octanol–water partition coefficient (Wildman–Crippen LogP) is 5.95. The van der Waals surface area contributed by atoms with Crippen LogP contribution in [0.2, 0.25) is 0 Å². The third kappa shape index (κ3) is 3.33. The first-order valence-corrected chi connectivity index (χ1v) is 8.30. The van der Waals surface area contributed by atoms with Crippen LogP contribution in [-0.4, -0.2) is 18.5 Å². The van der Waals surface area contributed by atoms with Crippen LogP contribution in [0.5, 0.6) is 0 Å². The molecule has 0 aliphatic heterocycles. The number of benzene rings is 2. The zero-order valence-electron chi connectivity index (χ0n) is 13.5. The lowest BCUT2D eigenvalue weighted by atomic mass is 9.80. The Balaban J connectivity index is 1.84. The molecule has 0 amide bonds. The summed E-state index contributed by atoms with van der Waals surface area (Å²) in [5.74, 6) is -1.12. The molecule has 24 heavy (non-hydrogen) atoms. The van der Waals surface area contributed by atoms with Crippen LogP contribution in [0, 0.1) is 5.82 Å². The summed E-state index contributed by atoms with van der Waals surface area (Å²) in [4.78, 5) is 0. The van der Waals surface area contributed by atoms with Gasteiger partial charge in [0.2, 0.25) is 0 Å². The van der Waals surface area contributed by atoms with Crippen molar-refractivity contribution in [2.24, 2.45) is 0 Å². The lowest BCUT2D eigenvalue weighted by Gasteiger charge is -2.30. The fourth-order valence-corrected chi connectivity index (χ4v) is 3.35. The van der Waals surface area contributed by atoms with Crippen LogP contribution in [0.3, 0.4) is 0 Å². The summed E-state index contributed by atoms with van der Waals surface area (Å²) in [6.07, 6.45) is -5.27. The Morgan fingerprint density at radius 3 is 2.00 bits per heavy atom. The molecule has 1 aliphatic carbocycles. The maximum Gasteiger partial charge on any atom is 0.162 e. The molecule has 0 aromatic heterocycles.